The first-order chi connectivity index (χ1) is 3.72. The maximum atomic E-state index is 10.5. The van der Waals surface area contributed by atoms with Gasteiger partial charge >= 0.3 is 0 Å². The molecule has 0 aromatic rings. The molecule has 1 atom stereocenters. The Bertz CT molecular complexity index is 87.0. The zero-order chi connectivity index (χ0) is 6.57. The highest BCUT2D eigenvalue weighted by Crippen LogP contribution is 1.84. The number of nitrogens with two attached hydrogens (primary N) is 1. The predicted molar refractivity (Wildman–Crippen MR) is 37.6 cm³/mol. The van der Waals surface area contributed by atoms with Gasteiger partial charge in [-0.1, -0.05) is 6.92 Å². The van der Waals surface area contributed by atoms with E-state index in [1.54, 1.807) is 6.92 Å². The minimum Gasteiger partial charge on any atom is -0.394 e. The molecule has 0 spiro atoms. The number of halogens is 1. The Hall–Kier alpha value is -0.120. The van der Waals surface area contributed by atoms with Crippen LogP contribution in [0.2, 0.25) is 0 Å². The SMILES string of the molecule is CCC(=O)C(N)CO.Cl. The van der Waals surface area contributed by atoms with Crippen molar-refractivity contribution in [3.8, 4) is 0 Å². The average Bonchev–Trinajstić information content (AvgIpc) is 1.84. The molecule has 0 saturated carbocycles. The summed E-state index contributed by atoms with van der Waals surface area (Å²) < 4.78 is 0. The molecule has 0 aliphatic carbocycles. The molecule has 1 unspecified atom stereocenters. The molecule has 4 heteroatoms. The van der Waals surface area contributed by atoms with E-state index < -0.39 is 6.04 Å². The third-order valence-corrected chi connectivity index (χ3v) is 0.959. The summed E-state index contributed by atoms with van der Waals surface area (Å²) in [5.74, 6) is -0.0903. The quantitative estimate of drug-likeness (QED) is 0.586. The lowest BCUT2D eigenvalue weighted by molar-refractivity contribution is -0.120. The third kappa shape index (κ3) is 4.39. The average molecular weight is 154 g/mol. The van der Waals surface area contributed by atoms with Gasteiger partial charge in [0.1, 0.15) is 0 Å². The van der Waals surface area contributed by atoms with Gasteiger partial charge in [0.25, 0.3) is 0 Å². The van der Waals surface area contributed by atoms with Crippen LogP contribution in [0.1, 0.15) is 13.3 Å². The number of rotatable bonds is 3. The molecule has 0 aromatic carbocycles. The molecule has 0 fully saturated rings. The van der Waals surface area contributed by atoms with Gasteiger partial charge in [0.2, 0.25) is 0 Å². The summed E-state index contributed by atoms with van der Waals surface area (Å²) in [6, 6.07) is -0.667. The van der Waals surface area contributed by atoms with E-state index in [9.17, 15) is 4.79 Å². The number of aliphatic hydroxyl groups excluding tert-OH is 1. The lowest BCUT2D eigenvalue weighted by atomic mass is 10.2. The molecule has 0 amide bonds. The largest absolute Gasteiger partial charge is 0.394 e. The van der Waals surface area contributed by atoms with Crippen molar-refractivity contribution in [3.05, 3.63) is 0 Å². The summed E-state index contributed by atoms with van der Waals surface area (Å²) in [4.78, 5) is 10.5. The molecule has 0 bridgehead atoms. The number of ketones is 1. The molecule has 0 aliphatic heterocycles. The second-order valence-electron chi connectivity index (χ2n) is 1.61. The lowest BCUT2D eigenvalue weighted by Crippen LogP contribution is -2.33. The van der Waals surface area contributed by atoms with Crippen LogP contribution in [0.25, 0.3) is 0 Å². The van der Waals surface area contributed by atoms with Gasteiger partial charge in [-0.3, -0.25) is 4.79 Å². The number of hydrogen-bond donors (Lipinski definition) is 2. The zero-order valence-electron chi connectivity index (χ0n) is 5.33. The smallest absolute Gasteiger partial charge is 0.151 e. The third-order valence-electron chi connectivity index (χ3n) is 0.959. The van der Waals surface area contributed by atoms with Crippen molar-refractivity contribution in [2.24, 2.45) is 5.73 Å². The first-order valence-corrected chi connectivity index (χ1v) is 2.61. The van der Waals surface area contributed by atoms with Crippen molar-refractivity contribution in [2.45, 2.75) is 19.4 Å². The molecular weight excluding hydrogens is 142 g/mol. The molecule has 9 heavy (non-hydrogen) atoms. The van der Waals surface area contributed by atoms with E-state index in [0.717, 1.165) is 0 Å². The van der Waals surface area contributed by atoms with Crippen molar-refractivity contribution in [1.82, 2.24) is 0 Å². The van der Waals surface area contributed by atoms with Crippen molar-refractivity contribution >= 4 is 18.2 Å². The van der Waals surface area contributed by atoms with Gasteiger partial charge in [-0.25, -0.2) is 0 Å². The van der Waals surface area contributed by atoms with Crippen LogP contribution in [0.3, 0.4) is 0 Å². The monoisotopic (exact) mass is 153 g/mol. The van der Waals surface area contributed by atoms with Crippen LogP contribution in [0, 0.1) is 0 Å². The van der Waals surface area contributed by atoms with Gasteiger partial charge in [0.05, 0.1) is 12.6 Å². The van der Waals surface area contributed by atoms with Crippen molar-refractivity contribution < 1.29 is 9.90 Å². The summed E-state index contributed by atoms with van der Waals surface area (Å²) in [5.41, 5.74) is 5.13. The van der Waals surface area contributed by atoms with Crippen LogP contribution in [0.4, 0.5) is 0 Å². The van der Waals surface area contributed by atoms with Gasteiger partial charge in [-0.15, -0.1) is 12.4 Å². The van der Waals surface area contributed by atoms with Crippen LogP contribution in [0.5, 0.6) is 0 Å². The minimum absolute atomic E-state index is 0. The second-order valence-corrected chi connectivity index (χ2v) is 1.61. The minimum atomic E-state index is -0.667. The highest BCUT2D eigenvalue weighted by molar-refractivity contribution is 5.85. The highest BCUT2D eigenvalue weighted by atomic mass is 35.5. The van der Waals surface area contributed by atoms with Crippen molar-refractivity contribution in [1.29, 1.82) is 0 Å². The van der Waals surface area contributed by atoms with Gasteiger partial charge in [-0.05, 0) is 0 Å². The number of aliphatic hydroxyl groups is 1. The van der Waals surface area contributed by atoms with E-state index in [2.05, 4.69) is 0 Å². The topological polar surface area (TPSA) is 63.3 Å². The van der Waals surface area contributed by atoms with Gasteiger partial charge in [-0.2, -0.15) is 0 Å². The van der Waals surface area contributed by atoms with E-state index in [-0.39, 0.29) is 24.8 Å². The molecule has 3 nitrogen and oxygen atoms in total. The van der Waals surface area contributed by atoms with Crippen LogP contribution in [-0.2, 0) is 4.79 Å². The highest BCUT2D eigenvalue weighted by Gasteiger charge is 2.07. The number of Topliss-reactive ketones (excluding diaryl/α,β-unsaturated/α-hetero) is 1. The first-order valence-electron chi connectivity index (χ1n) is 2.61. The fourth-order valence-electron chi connectivity index (χ4n) is 0.364. The fourth-order valence-corrected chi connectivity index (χ4v) is 0.364. The first kappa shape index (κ1) is 11.6. The molecule has 3 N–H and O–H groups in total. The second kappa shape index (κ2) is 6.01. The Labute approximate surface area is 60.6 Å². The Kier molecular flexibility index (Phi) is 7.77. The Morgan fingerprint density at radius 1 is 1.78 bits per heavy atom. The van der Waals surface area contributed by atoms with Crippen LogP contribution in [-0.4, -0.2) is 23.5 Å². The summed E-state index contributed by atoms with van der Waals surface area (Å²) in [5, 5.41) is 8.29. The van der Waals surface area contributed by atoms with Gasteiger partial charge in [0.15, 0.2) is 5.78 Å². The lowest BCUT2D eigenvalue weighted by Gasteiger charge is -2.01. The summed E-state index contributed by atoms with van der Waals surface area (Å²) in [6.45, 7) is 1.48. The summed E-state index contributed by atoms with van der Waals surface area (Å²) >= 11 is 0. The van der Waals surface area contributed by atoms with Crippen molar-refractivity contribution in [2.75, 3.05) is 6.61 Å². The predicted octanol–water partition coefficient (Wildman–Crippen LogP) is -0.293. The Morgan fingerprint density at radius 3 is 2.33 bits per heavy atom. The fraction of sp³-hybridized carbons (Fsp3) is 0.800. The maximum Gasteiger partial charge on any atom is 0.151 e. The van der Waals surface area contributed by atoms with Gasteiger partial charge in [0, 0.05) is 6.42 Å². The van der Waals surface area contributed by atoms with Gasteiger partial charge < -0.3 is 10.8 Å². The molecule has 0 aromatic heterocycles. The molecule has 0 radical (unpaired) electrons. The maximum absolute atomic E-state index is 10.5. The van der Waals surface area contributed by atoms with E-state index in [0.29, 0.717) is 6.42 Å². The summed E-state index contributed by atoms with van der Waals surface area (Å²) in [6.07, 6.45) is 0.404. The molecule has 0 aliphatic rings. The zero-order valence-corrected chi connectivity index (χ0v) is 6.15. The standard InChI is InChI=1S/C5H11NO2.ClH/c1-2-5(8)4(6)3-7;/h4,7H,2-3,6H2,1H3;1H. The van der Waals surface area contributed by atoms with E-state index in [1.165, 1.54) is 0 Å². The molecule has 56 valence electrons. The number of carbonyl (C=O) groups is 1. The molecule has 0 saturated heterocycles. The molecule has 0 heterocycles. The van der Waals surface area contributed by atoms with E-state index in [4.69, 9.17) is 10.8 Å². The van der Waals surface area contributed by atoms with Crippen molar-refractivity contribution in [3.63, 3.8) is 0 Å². The van der Waals surface area contributed by atoms with Crippen LogP contribution >= 0.6 is 12.4 Å². The van der Waals surface area contributed by atoms with E-state index >= 15 is 0 Å². The molecule has 0 rings (SSSR count). The number of carbonyl (C=O) groups excluding carboxylic acids is 1. The normalized spacial score (nSPS) is 11.9. The molecular formula is C5H12ClNO2. The Balaban J connectivity index is 0. The Morgan fingerprint density at radius 2 is 2.22 bits per heavy atom. The summed E-state index contributed by atoms with van der Waals surface area (Å²) in [7, 11) is 0. The van der Waals surface area contributed by atoms with Crippen LogP contribution < -0.4 is 5.73 Å². The van der Waals surface area contributed by atoms with E-state index in [1.807, 2.05) is 0 Å². The van der Waals surface area contributed by atoms with Crippen LogP contribution in [0.15, 0.2) is 0 Å². The number of hydrogen-bond acceptors (Lipinski definition) is 3.